The van der Waals surface area contributed by atoms with E-state index in [9.17, 15) is 9.59 Å². The molecule has 0 saturated carbocycles. The standard InChI is InChI=1S/C22H34N4O3/c1-16-6-5-7-17(2)22(16)23-20(27)14-24-8-10-25(11-9-24)15-21(28)26-12-18(3)29-19(4)13-26/h5-7,18-19H,8-15H2,1-4H3,(H,23,27)/p+2/t18-,19+. The van der Waals surface area contributed by atoms with Crippen LogP contribution in [0.15, 0.2) is 18.2 Å². The van der Waals surface area contributed by atoms with Gasteiger partial charge < -0.3 is 24.8 Å². The van der Waals surface area contributed by atoms with Crippen molar-refractivity contribution in [3.8, 4) is 0 Å². The van der Waals surface area contributed by atoms with Gasteiger partial charge in [0.25, 0.3) is 11.8 Å². The summed E-state index contributed by atoms with van der Waals surface area (Å²) in [5, 5.41) is 3.08. The summed E-state index contributed by atoms with van der Waals surface area (Å²) >= 11 is 0. The summed E-state index contributed by atoms with van der Waals surface area (Å²) in [5.41, 5.74) is 3.11. The average molecular weight is 405 g/mol. The Kier molecular flexibility index (Phi) is 7.27. The zero-order valence-electron chi connectivity index (χ0n) is 18.2. The first kappa shape index (κ1) is 21.7. The summed E-state index contributed by atoms with van der Waals surface area (Å²) in [4.78, 5) is 29.7. The molecule has 1 aromatic carbocycles. The number of nitrogens with zero attached hydrogens (tertiary/aromatic N) is 1. The van der Waals surface area contributed by atoms with Crippen LogP contribution in [0.5, 0.6) is 0 Å². The number of carbonyl (C=O) groups is 2. The fraction of sp³-hybridized carbons (Fsp3) is 0.636. The zero-order valence-corrected chi connectivity index (χ0v) is 18.2. The van der Waals surface area contributed by atoms with E-state index >= 15 is 0 Å². The molecule has 0 radical (unpaired) electrons. The number of piperazine rings is 1. The van der Waals surface area contributed by atoms with Crippen molar-refractivity contribution in [1.82, 2.24) is 4.90 Å². The van der Waals surface area contributed by atoms with E-state index < -0.39 is 0 Å². The Labute approximate surface area is 174 Å². The molecule has 0 aliphatic carbocycles. The Bertz CT molecular complexity index is 701. The van der Waals surface area contributed by atoms with E-state index in [1.165, 1.54) is 9.80 Å². The summed E-state index contributed by atoms with van der Waals surface area (Å²) in [5.74, 6) is 0.284. The molecule has 2 saturated heterocycles. The van der Waals surface area contributed by atoms with Gasteiger partial charge in [0.2, 0.25) is 0 Å². The van der Waals surface area contributed by atoms with Crippen LogP contribution in [0.3, 0.4) is 0 Å². The minimum absolute atomic E-state index is 0.0632. The first-order chi connectivity index (χ1) is 13.8. The van der Waals surface area contributed by atoms with Gasteiger partial charge in [-0.2, -0.15) is 0 Å². The number of hydrogen-bond donors (Lipinski definition) is 3. The molecule has 0 bridgehead atoms. The molecule has 2 atom stereocenters. The molecule has 1 aromatic rings. The monoisotopic (exact) mass is 404 g/mol. The number of quaternary nitrogens is 2. The van der Waals surface area contributed by atoms with Crippen LogP contribution in [-0.2, 0) is 14.3 Å². The molecule has 7 nitrogen and oxygen atoms in total. The number of hydrogen-bond acceptors (Lipinski definition) is 3. The van der Waals surface area contributed by atoms with E-state index in [4.69, 9.17) is 4.74 Å². The van der Waals surface area contributed by atoms with E-state index in [1.807, 2.05) is 50.8 Å². The number of para-hydroxylation sites is 1. The van der Waals surface area contributed by atoms with Crippen LogP contribution < -0.4 is 15.1 Å². The summed E-state index contributed by atoms with van der Waals surface area (Å²) < 4.78 is 5.72. The number of ether oxygens (including phenoxy) is 1. The molecule has 3 rings (SSSR count). The van der Waals surface area contributed by atoms with Crippen LogP contribution in [0.25, 0.3) is 0 Å². The third-order valence-corrected chi connectivity index (χ3v) is 5.99. The maximum atomic E-state index is 12.7. The first-order valence-electron chi connectivity index (χ1n) is 10.8. The molecule has 2 fully saturated rings. The van der Waals surface area contributed by atoms with Gasteiger partial charge in [-0.1, -0.05) is 18.2 Å². The molecule has 0 aromatic heterocycles. The molecular formula is C22H36N4O3+2. The second-order valence-electron chi connectivity index (χ2n) is 8.72. The predicted molar refractivity (Wildman–Crippen MR) is 112 cm³/mol. The van der Waals surface area contributed by atoms with E-state index in [1.54, 1.807) is 0 Å². The van der Waals surface area contributed by atoms with Crippen LogP contribution in [0.2, 0.25) is 0 Å². The van der Waals surface area contributed by atoms with Crippen molar-refractivity contribution >= 4 is 17.5 Å². The van der Waals surface area contributed by atoms with Crippen LogP contribution in [0, 0.1) is 13.8 Å². The van der Waals surface area contributed by atoms with Gasteiger partial charge in [0.1, 0.15) is 26.2 Å². The third kappa shape index (κ3) is 6.01. The molecule has 3 N–H and O–H groups in total. The molecule has 2 aliphatic heterocycles. The Morgan fingerprint density at radius 2 is 1.52 bits per heavy atom. The average Bonchev–Trinajstić information content (AvgIpc) is 2.65. The topological polar surface area (TPSA) is 67.5 Å². The Hall–Kier alpha value is -1.96. The Morgan fingerprint density at radius 1 is 1.00 bits per heavy atom. The van der Waals surface area contributed by atoms with E-state index in [0.717, 1.165) is 43.0 Å². The summed E-state index contributed by atoms with van der Waals surface area (Å²) in [6.45, 7) is 14.2. The molecule has 0 spiro atoms. The lowest BCUT2D eigenvalue weighted by Crippen LogP contribution is -3.28. The molecule has 29 heavy (non-hydrogen) atoms. The fourth-order valence-corrected chi connectivity index (χ4v) is 4.44. The number of carbonyl (C=O) groups excluding carboxylic acids is 2. The first-order valence-corrected chi connectivity index (χ1v) is 10.8. The van der Waals surface area contributed by atoms with Gasteiger partial charge in [0.05, 0.1) is 12.2 Å². The number of anilines is 1. The Balaban J connectivity index is 1.42. The van der Waals surface area contributed by atoms with E-state index in [-0.39, 0.29) is 24.0 Å². The second-order valence-corrected chi connectivity index (χ2v) is 8.72. The van der Waals surface area contributed by atoms with Gasteiger partial charge in [-0.05, 0) is 38.8 Å². The van der Waals surface area contributed by atoms with Crippen molar-refractivity contribution in [1.29, 1.82) is 0 Å². The highest BCUT2D eigenvalue weighted by Crippen LogP contribution is 2.18. The number of aryl methyl sites for hydroxylation is 2. The SMILES string of the molecule is Cc1cccc(C)c1NC(=O)C[NH+]1CC[NH+](CC(=O)N2C[C@@H](C)O[C@@H](C)C2)CC1. The van der Waals surface area contributed by atoms with Gasteiger partial charge >= 0.3 is 0 Å². The minimum atomic E-state index is 0.0632. The molecular weight excluding hydrogens is 368 g/mol. The lowest BCUT2D eigenvalue weighted by Gasteiger charge is -2.36. The van der Waals surface area contributed by atoms with Crippen molar-refractivity contribution in [2.45, 2.75) is 39.9 Å². The van der Waals surface area contributed by atoms with Crippen LogP contribution >= 0.6 is 0 Å². The van der Waals surface area contributed by atoms with Gasteiger partial charge in [0, 0.05) is 18.8 Å². The molecule has 2 heterocycles. The molecule has 2 amide bonds. The largest absolute Gasteiger partial charge is 0.372 e. The van der Waals surface area contributed by atoms with Crippen molar-refractivity contribution < 1.29 is 24.1 Å². The highest BCUT2D eigenvalue weighted by atomic mass is 16.5. The highest BCUT2D eigenvalue weighted by molar-refractivity contribution is 5.93. The van der Waals surface area contributed by atoms with E-state index in [0.29, 0.717) is 26.2 Å². The Morgan fingerprint density at radius 3 is 2.07 bits per heavy atom. The fourth-order valence-electron chi connectivity index (χ4n) is 4.44. The van der Waals surface area contributed by atoms with Crippen molar-refractivity contribution in [3.05, 3.63) is 29.3 Å². The third-order valence-electron chi connectivity index (χ3n) is 5.99. The number of benzene rings is 1. The lowest BCUT2D eigenvalue weighted by atomic mass is 10.1. The van der Waals surface area contributed by atoms with Gasteiger partial charge in [-0.3, -0.25) is 9.59 Å². The molecule has 0 unspecified atom stereocenters. The van der Waals surface area contributed by atoms with Crippen molar-refractivity contribution in [2.24, 2.45) is 0 Å². The van der Waals surface area contributed by atoms with Crippen LogP contribution in [0.4, 0.5) is 5.69 Å². The normalized spacial score (nSPS) is 27.5. The maximum absolute atomic E-state index is 12.7. The summed E-state index contributed by atoms with van der Waals surface area (Å²) in [6, 6.07) is 6.04. The zero-order chi connectivity index (χ0) is 21.0. The smallest absolute Gasteiger partial charge is 0.279 e. The number of amides is 2. The summed E-state index contributed by atoms with van der Waals surface area (Å²) in [7, 11) is 0. The van der Waals surface area contributed by atoms with Gasteiger partial charge in [-0.25, -0.2) is 0 Å². The van der Waals surface area contributed by atoms with Gasteiger partial charge in [-0.15, -0.1) is 0 Å². The number of rotatable bonds is 5. The lowest BCUT2D eigenvalue weighted by molar-refractivity contribution is -1.00. The molecule has 7 heteroatoms. The minimum Gasteiger partial charge on any atom is -0.372 e. The number of nitrogens with one attached hydrogen (secondary N) is 3. The van der Waals surface area contributed by atoms with Gasteiger partial charge in [0.15, 0.2) is 13.1 Å². The van der Waals surface area contributed by atoms with Crippen molar-refractivity contribution in [2.75, 3.05) is 57.7 Å². The quantitative estimate of drug-likeness (QED) is 0.569. The summed E-state index contributed by atoms with van der Waals surface area (Å²) in [6.07, 6.45) is 0.212. The van der Waals surface area contributed by atoms with Crippen LogP contribution in [-0.4, -0.2) is 81.3 Å². The van der Waals surface area contributed by atoms with E-state index in [2.05, 4.69) is 5.32 Å². The highest BCUT2D eigenvalue weighted by Gasteiger charge is 2.31. The molecule has 2 aliphatic rings. The second kappa shape index (κ2) is 9.69. The predicted octanol–water partition coefficient (Wildman–Crippen LogP) is -1.34. The van der Waals surface area contributed by atoms with Crippen LogP contribution in [0.1, 0.15) is 25.0 Å². The number of morpholine rings is 1. The maximum Gasteiger partial charge on any atom is 0.279 e. The van der Waals surface area contributed by atoms with Crippen molar-refractivity contribution in [3.63, 3.8) is 0 Å². The molecule has 160 valence electrons.